The van der Waals surface area contributed by atoms with Gasteiger partial charge in [0.2, 0.25) is 0 Å². The second-order valence-electron chi connectivity index (χ2n) is 5.38. The van der Waals surface area contributed by atoms with E-state index in [1.807, 2.05) is 36.5 Å². The zero-order chi connectivity index (χ0) is 15.5. The number of nitrogens with one attached hydrogen (secondary N) is 1. The molecule has 114 valence electrons. The van der Waals surface area contributed by atoms with Crippen molar-refractivity contribution in [1.82, 2.24) is 4.98 Å². The zero-order valence-electron chi connectivity index (χ0n) is 12.5. The van der Waals surface area contributed by atoms with Crippen LogP contribution in [0.15, 0.2) is 48.7 Å². The molecule has 0 amide bonds. The van der Waals surface area contributed by atoms with Crippen LogP contribution in [0.4, 0.5) is 0 Å². The third-order valence-corrected chi connectivity index (χ3v) is 4.44. The molecule has 0 bridgehead atoms. The van der Waals surface area contributed by atoms with Gasteiger partial charge < -0.3 is 15.5 Å². The van der Waals surface area contributed by atoms with Crippen molar-refractivity contribution in [3.63, 3.8) is 0 Å². The number of aromatic nitrogens is 1. The van der Waals surface area contributed by atoms with Gasteiger partial charge in [-0.25, -0.2) is 0 Å². The average molecular weight is 315 g/mol. The fraction of sp³-hybridized carbons (Fsp3) is 0.222. The maximum Gasteiger partial charge on any atom is 0.119 e. The lowest BCUT2D eigenvalue weighted by molar-refractivity contribution is 0.415. The third-order valence-electron chi connectivity index (χ3n) is 4.07. The van der Waals surface area contributed by atoms with E-state index >= 15 is 0 Å². The van der Waals surface area contributed by atoms with Crippen molar-refractivity contribution in [3.8, 4) is 5.75 Å². The maximum absolute atomic E-state index is 6.28. The van der Waals surface area contributed by atoms with Crippen LogP contribution >= 0.6 is 11.6 Å². The molecule has 3 rings (SSSR count). The van der Waals surface area contributed by atoms with Gasteiger partial charge in [-0.15, -0.1) is 0 Å². The van der Waals surface area contributed by atoms with Crippen LogP contribution in [0.5, 0.6) is 5.75 Å². The molecule has 0 fully saturated rings. The number of hydrogen-bond donors (Lipinski definition) is 2. The molecule has 0 aliphatic heterocycles. The van der Waals surface area contributed by atoms with Gasteiger partial charge in [0.05, 0.1) is 7.11 Å². The smallest absolute Gasteiger partial charge is 0.119 e. The van der Waals surface area contributed by atoms with Gasteiger partial charge in [-0.2, -0.15) is 0 Å². The molecule has 3 aromatic rings. The molecule has 0 saturated heterocycles. The summed E-state index contributed by atoms with van der Waals surface area (Å²) in [7, 11) is 1.68. The number of halogens is 1. The molecule has 0 saturated carbocycles. The highest BCUT2D eigenvalue weighted by atomic mass is 35.5. The van der Waals surface area contributed by atoms with Gasteiger partial charge in [0.25, 0.3) is 0 Å². The number of aromatic amines is 1. The van der Waals surface area contributed by atoms with Crippen molar-refractivity contribution in [2.75, 3.05) is 13.7 Å². The Labute approximate surface area is 135 Å². The highest BCUT2D eigenvalue weighted by Gasteiger charge is 2.17. The Bertz CT molecular complexity index is 782. The standard InChI is InChI=1S/C18H19ClN2O/c1-22-14-6-7-18-15(9-14)16(11-21-18)13(10-20)8-12-4-2-3-5-17(12)19/h2-7,9,11,13,21H,8,10,20H2,1H3. The monoisotopic (exact) mass is 314 g/mol. The van der Waals surface area contributed by atoms with E-state index in [0.29, 0.717) is 6.54 Å². The van der Waals surface area contributed by atoms with E-state index in [2.05, 4.69) is 17.1 Å². The number of rotatable bonds is 5. The Kier molecular flexibility index (Phi) is 4.36. The van der Waals surface area contributed by atoms with E-state index in [1.165, 1.54) is 5.56 Å². The van der Waals surface area contributed by atoms with Crippen LogP contribution < -0.4 is 10.5 Å². The van der Waals surface area contributed by atoms with Crippen LogP contribution in [-0.2, 0) is 6.42 Å². The highest BCUT2D eigenvalue weighted by Crippen LogP contribution is 2.31. The lowest BCUT2D eigenvalue weighted by Crippen LogP contribution is -2.15. The second kappa shape index (κ2) is 6.42. The number of fused-ring (bicyclic) bond motifs is 1. The third kappa shape index (κ3) is 2.82. The first-order chi connectivity index (χ1) is 10.7. The predicted molar refractivity (Wildman–Crippen MR) is 91.8 cm³/mol. The quantitative estimate of drug-likeness (QED) is 0.744. The molecule has 1 aromatic heterocycles. The molecule has 4 heteroatoms. The van der Waals surface area contributed by atoms with E-state index in [4.69, 9.17) is 22.1 Å². The molecule has 0 aliphatic rings. The van der Waals surface area contributed by atoms with Crippen LogP contribution in [0.3, 0.4) is 0 Å². The van der Waals surface area contributed by atoms with E-state index in [1.54, 1.807) is 7.11 Å². The van der Waals surface area contributed by atoms with Crippen molar-refractivity contribution in [1.29, 1.82) is 0 Å². The number of benzene rings is 2. The second-order valence-corrected chi connectivity index (χ2v) is 5.79. The Morgan fingerprint density at radius 1 is 1.23 bits per heavy atom. The average Bonchev–Trinajstić information content (AvgIpc) is 2.97. The minimum Gasteiger partial charge on any atom is -0.497 e. The summed E-state index contributed by atoms with van der Waals surface area (Å²) in [5.41, 5.74) is 9.45. The maximum atomic E-state index is 6.28. The van der Waals surface area contributed by atoms with Gasteiger partial charge >= 0.3 is 0 Å². The summed E-state index contributed by atoms with van der Waals surface area (Å²) in [4.78, 5) is 3.31. The molecule has 22 heavy (non-hydrogen) atoms. The van der Waals surface area contributed by atoms with Crippen molar-refractivity contribution in [2.24, 2.45) is 5.73 Å². The molecular weight excluding hydrogens is 296 g/mol. The lowest BCUT2D eigenvalue weighted by atomic mass is 9.91. The Balaban J connectivity index is 1.98. The summed E-state index contributed by atoms with van der Waals surface area (Å²) >= 11 is 6.28. The summed E-state index contributed by atoms with van der Waals surface area (Å²) < 4.78 is 5.33. The molecule has 0 radical (unpaired) electrons. The highest BCUT2D eigenvalue weighted by molar-refractivity contribution is 6.31. The number of nitrogens with two attached hydrogens (primary N) is 1. The van der Waals surface area contributed by atoms with Crippen LogP contribution in [0.1, 0.15) is 17.0 Å². The van der Waals surface area contributed by atoms with Gasteiger partial charge in [0.1, 0.15) is 5.75 Å². The SMILES string of the molecule is COc1ccc2[nH]cc(C(CN)Cc3ccccc3Cl)c2c1. The van der Waals surface area contributed by atoms with Gasteiger partial charge in [-0.05, 0) is 48.4 Å². The number of ether oxygens (including phenoxy) is 1. The fourth-order valence-corrected chi connectivity index (χ4v) is 3.05. The first-order valence-corrected chi connectivity index (χ1v) is 7.69. The summed E-state index contributed by atoms with van der Waals surface area (Å²) in [6.07, 6.45) is 2.86. The van der Waals surface area contributed by atoms with E-state index in [9.17, 15) is 0 Å². The molecule has 3 N–H and O–H groups in total. The lowest BCUT2D eigenvalue weighted by Gasteiger charge is -2.15. The van der Waals surface area contributed by atoms with Crippen molar-refractivity contribution >= 4 is 22.5 Å². The Morgan fingerprint density at radius 3 is 2.77 bits per heavy atom. The number of methoxy groups -OCH3 is 1. The topological polar surface area (TPSA) is 51.0 Å². The first kappa shape index (κ1) is 14.9. The molecule has 2 aromatic carbocycles. The van der Waals surface area contributed by atoms with Crippen molar-refractivity contribution in [2.45, 2.75) is 12.3 Å². The summed E-state index contributed by atoms with van der Waals surface area (Å²) in [6.45, 7) is 0.565. The Hall–Kier alpha value is -1.97. The molecular formula is C18H19ClN2O. The minimum atomic E-state index is 0.209. The molecule has 0 aliphatic carbocycles. The summed E-state index contributed by atoms with van der Waals surface area (Å²) in [5.74, 6) is 1.06. The van der Waals surface area contributed by atoms with Crippen LogP contribution in [0.2, 0.25) is 5.02 Å². The molecule has 3 nitrogen and oxygen atoms in total. The van der Waals surface area contributed by atoms with Gasteiger partial charge in [-0.1, -0.05) is 29.8 Å². The zero-order valence-corrected chi connectivity index (χ0v) is 13.2. The first-order valence-electron chi connectivity index (χ1n) is 7.31. The Morgan fingerprint density at radius 2 is 2.05 bits per heavy atom. The van der Waals surface area contributed by atoms with Crippen molar-refractivity contribution < 1.29 is 4.74 Å². The molecule has 1 heterocycles. The number of H-pyrrole nitrogens is 1. The van der Waals surface area contributed by atoms with E-state index < -0.39 is 0 Å². The minimum absolute atomic E-state index is 0.209. The normalized spacial score (nSPS) is 12.5. The van der Waals surface area contributed by atoms with Gasteiger partial charge in [-0.3, -0.25) is 0 Å². The van der Waals surface area contributed by atoms with E-state index in [-0.39, 0.29) is 5.92 Å². The predicted octanol–water partition coefficient (Wildman–Crippen LogP) is 4.11. The fourth-order valence-electron chi connectivity index (χ4n) is 2.84. The van der Waals surface area contributed by atoms with Crippen molar-refractivity contribution in [3.05, 3.63) is 64.8 Å². The van der Waals surface area contributed by atoms with Crippen LogP contribution in [0, 0.1) is 0 Å². The summed E-state index contributed by atoms with van der Waals surface area (Å²) in [5, 5.41) is 1.94. The molecule has 1 unspecified atom stereocenters. The van der Waals surface area contributed by atoms with Gasteiger partial charge in [0, 0.05) is 28.0 Å². The molecule has 0 spiro atoms. The van der Waals surface area contributed by atoms with Gasteiger partial charge in [0.15, 0.2) is 0 Å². The summed E-state index contributed by atoms with van der Waals surface area (Å²) in [6, 6.07) is 14.0. The van der Waals surface area contributed by atoms with E-state index in [0.717, 1.165) is 33.7 Å². The van der Waals surface area contributed by atoms with Crippen LogP contribution in [0.25, 0.3) is 10.9 Å². The molecule has 1 atom stereocenters. The largest absolute Gasteiger partial charge is 0.497 e. The number of hydrogen-bond acceptors (Lipinski definition) is 2. The van der Waals surface area contributed by atoms with Crippen LogP contribution in [-0.4, -0.2) is 18.6 Å².